The number of ether oxygens (including phenoxy) is 1. The highest BCUT2D eigenvalue weighted by molar-refractivity contribution is 7.80. The van der Waals surface area contributed by atoms with E-state index in [4.69, 9.17) is 17.0 Å². The fraction of sp³-hybridized carbons (Fsp3) is 0.321. The maximum Gasteiger partial charge on any atom is 0.416 e. The number of alkyl halides is 3. The van der Waals surface area contributed by atoms with Crippen LogP contribution in [0.3, 0.4) is 0 Å². The van der Waals surface area contributed by atoms with Crippen molar-refractivity contribution in [1.29, 1.82) is 0 Å². The first-order valence-corrected chi connectivity index (χ1v) is 11.6. The van der Waals surface area contributed by atoms with Crippen LogP contribution in [0, 0.1) is 0 Å². The maximum atomic E-state index is 12.5. The van der Waals surface area contributed by atoms with E-state index >= 15 is 0 Å². The van der Waals surface area contributed by atoms with Crippen LogP contribution in [0.4, 0.5) is 13.2 Å². The number of benzene rings is 3. The minimum Gasteiger partial charge on any atom is -0.497 e. The average molecular weight is 488 g/mol. The number of likely N-dealkylation sites (N-methyl/N-ethyl adjacent to an activating group) is 1. The van der Waals surface area contributed by atoms with E-state index in [0.29, 0.717) is 11.8 Å². The van der Waals surface area contributed by atoms with Crippen molar-refractivity contribution in [3.8, 4) is 5.75 Å². The minimum atomic E-state index is -4.27. The molecule has 3 rings (SSSR count). The SMILES string of the molecule is CNC(=S)C(C)c1ccccc1.COc1cccc([C@@H](C)CCc2ccc(C(F)(F)F)cc2)c1. The van der Waals surface area contributed by atoms with Crippen LogP contribution in [0.2, 0.25) is 0 Å². The summed E-state index contributed by atoms with van der Waals surface area (Å²) in [6, 6.07) is 23.5. The normalized spacial score (nSPS) is 12.7. The van der Waals surface area contributed by atoms with Crippen LogP contribution in [0.5, 0.6) is 5.75 Å². The molecule has 34 heavy (non-hydrogen) atoms. The zero-order valence-corrected chi connectivity index (χ0v) is 20.8. The molecule has 0 saturated heterocycles. The van der Waals surface area contributed by atoms with Gasteiger partial charge in [-0.3, -0.25) is 0 Å². The van der Waals surface area contributed by atoms with Crippen LogP contribution in [0.25, 0.3) is 0 Å². The van der Waals surface area contributed by atoms with E-state index in [1.54, 1.807) is 19.2 Å². The van der Waals surface area contributed by atoms with Gasteiger partial charge in [-0.25, -0.2) is 0 Å². The number of thiocarbonyl (C=S) groups is 1. The van der Waals surface area contributed by atoms with Crippen LogP contribution >= 0.6 is 12.2 Å². The summed E-state index contributed by atoms with van der Waals surface area (Å²) in [6.07, 6.45) is -2.65. The second-order valence-corrected chi connectivity index (χ2v) is 8.60. The van der Waals surface area contributed by atoms with Crippen molar-refractivity contribution >= 4 is 17.2 Å². The lowest BCUT2D eigenvalue weighted by Gasteiger charge is -2.13. The number of hydrogen-bond acceptors (Lipinski definition) is 2. The summed E-state index contributed by atoms with van der Waals surface area (Å²) >= 11 is 5.15. The lowest BCUT2D eigenvalue weighted by atomic mass is 9.93. The minimum absolute atomic E-state index is 0.311. The summed E-state index contributed by atoms with van der Waals surface area (Å²) in [5, 5.41) is 2.99. The molecule has 0 radical (unpaired) electrons. The van der Waals surface area contributed by atoms with Crippen LogP contribution in [-0.2, 0) is 12.6 Å². The summed E-state index contributed by atoms with van der Waals surface area (Å²) in [7, 11) is 3.49. The molecule has 3 aromatic rings. The quantitative estimate of drug-likeness (QED) is 0.344. The molecule has 2 nitrogen and oxygen atoms in total. The monoisotopic (exact) mass is 487 g/mol. The summed E-state index contributed by atoms with van der Waals surface area (Å²) < 4.78 is 42.7. The first kappa shape index (κ1) is 27.4. The zero-order valence-electron chi connectivity index (χ0n) is 20.0. The molecule has 0 amide bonds. The van der Waals surface area contributed by atoms with Crippen LogP contribution in [0.15, 0.2) is 78.9 Å². The lowest BCUT2D eigenvalue weighted by Crippen LogP contribution is -2.21. The fourth-order valence-electron chi connectivity index (χ4n) is 3.47. The molecular formula is C28H32F3NOS. The number of methoxy groups -OCH3 is 1. The Balaban J connectivity index is 0.000000287. The first-order chi connectivity index (χ1) is 16.2. The van der Waals surface area contributed by atoms with Gasteiger partial charge < -0.3 is 10.1 Å². The Morgan fingerprint density at radius 1 is 0.912 bits per heavy atom. The lowest BCUT2D eigenvalue weighted by molar-refractivity contribution is -0.137. The van der Waals surface area contributed by atoms with Crippen LogP contribution in [-0.4, -0.2) is 19.1 Å². The summed E-state index contributed by atoms with van der Waals surface area (Å²) in [4.78, 5) is 0.890. The molecule has 0 saturated carbocycles. The molecule has 0 spiro atoms. The Hall–Kier alpha value is -2.86. The van der Waals surface area contributed by atoms with Gasteiger partial charge in [0.1, 0.15) is 5.75 Å². The highest BCUT2D eigenvalue weighted by atomic mass is 32.1. The third-order valence-corrected chi connectivity index (χ3v) is 6.31. The van der Waals surface area contributed by atoms with E-state index in [0.717, 1.165) is 41.3 Å². The molecule has 3 aromatic carbocycles. The Labute approximate surface area is 206 Å². The number of hydrogen-bond donors (Lipinski definition) is 1. The van der Waals surface area contributed by atoms with Crippen LogP contribution < -0.4 is 10.1 Å². The number of halogens is 3. The van der Waals surface area contributed by atoms with Gasteiger partial charge in [0, 0.05) is 13.0 Å². The molecule has 2 atom stereocenters. The molecule has 0 heterocycles. The molecule has 0 aliphatic heterocycles. The van der Waals surface area contributed by atoms with E-state index in [-0.39, 0.29) is 0 Å². The summed E-state index contributed by atoms with van der Waals surface area (Å²) in [5.41, 5.74) is 2.75. The van der Waals surface area contributed by atoms with Gasteiger partial charge in [-0.15, -0.1) is 0 Å². The molecule has 0 bridgehead atoms. The van der Waals surface area contributed by atoms with Crippen molar-refractivity contribution in [1.82, 2.24) is 5.32 Å². The number of rotatable bonds is 7. The van der Waals surface area contributed by atoms with E-state index < -0.39 is 11.7 Å². The Kier molecular flexibility index (Phi) is 10.6. The Bertz CT molecular complexity index is 1020. The Morgan fingerprint density at radius 2 is 1.53 bits per heavy atom. The van der Waals surface area contributed by atoms with Crippen LogP contribution in [0.1, 0.15) is 54.4 Å². The van der Waals surface area contributed by atoms with Crippen molar-refractivity contribution in [2.24, 2.45) is 0 Å². The van der Waals surface area contributed by atoms with E-state index in [9.17, 15) is 13.2 Å². The van der Waals surface area contributed by atoms with Crippen molar-refractivity contribution < 1.29 is 17.9 Å². The molecule has 6 heteroatoms. The summed E-state index contributed by atoms with van der Waals surface area (Å²) in [5.74, 6) is 1.45. The van der Waals surface area contributed by atoms with Crippen molar-refractivity contribution in [2.75, 3.05) is 14.2 Å². The largest absolute Gasteiger partial charge is 0.497 e. The van der Waals surface area contributed by atoms with Gasteiger partial charge >= 0.3 is 6.18 Å². The highest BCUT2D eigenvalue weighted by Crippen LogP contribution is 2.30. The number of nitrogens with one attached hydrogen (secondary N) is 1. The predicted octanol–water partition coefficient (Wildman–Crippen LogP) is 7.79. The average Bonchev–Trinajstić information content (AvgIpc) is 2.87. The third kappa shape index (κ3) is 8.49. The predicted molar refractivity (Wildman–Crippen MR) is 138 cm³/mol. The second-order valence-electron chi connectivity index (χ2n) is 8.16. The van der Waals surface area contributed by atoms with Crippen molar-refractivity contribution in [3.05, 3.63) is 101 Å². The smallest absolute Gasteiger partial charge is 0.416 e. The summed E-state index contributed by atoms with van der Waals surface area (Å²) in [6.45, 7) is 4.22. The van der Waals surface area contributed by atoms with Gasteiger partial charge in [-0.1, -0.05) is 80.7 Å². The molecular weight excluding hydrogens is 455 g/mol. The zero-order chi connectivity index (χ0) is 25.1. The Morgan fingerprint density at radius 3 is 2.09 bits per heavy atom. The van der Waals surface area contributed by atoms with E-state index in [1.165, 1.54) is 11.1 Å². The molecule has 0 aliphatic rings. The van der Waals surface area contributed by atoms with E-state index in [1.807, 2.05) is 49.5 Å². The molecule has 0 aromatic heterocycles. The standard InChI is InChI=1S/C18H19F3O.C10H13NS/c1-13(15-4-3-5-17(12-15)22-2)6-7-14-8-10-16(11-9-14)18(19,20)21;1-8(10(12)11-2)9-6-4-3-5-7-9/h3-5,8-13H,6-7H2,1-2H3;3-8H,1-2H3,(H,11,12)/t13-;/m0./s1. The van der Waals surface area contributed by atoms with Gasteiger partial charge in [0.05, 0.1) is 17.7 Å². The topological polar surface area (TPSA) is 21.3 Å². The molecule has 0 fully saturated rings. The van der Waals surface area contributed by atoms with Gasteiger partial charge in [0.2, 0.25) is 0 Å². The molecule has 1 N–H and O–H groups in total. The molecule has 0 aliphatic carbocycles. The molecule has 182 valence electrons. The van der Waals surface area contributed by atoms with Gasteiger partial charge in [0.15, 0.2) is 0 Å². The van der Waals surface area contributed by atoms with Gasteiger partial charge in [0.25, 0.3) is 0 Å². The van der Waals surface area contributed by atoms with Crippen molar-refractivity contribution in [3.63, 3.8) is 0 Å². The third-order valence-electron chi connectivity index (χ3n) is 5.75. The van der Waals surface area contributed by atoms with Crippen molar-refractivity contribution in [2.45, 2.75) is 44.7 Å². The highest BCUT2D eigenvalue weighted by Gasteiger charge is 2.29. The van der Waals surface area contributed by atoms with E-state index in [2.05, 4.69) is 31.3 Å². The fourth-order valence-corrected chi connectivity index (χ4v) is 3.60. The molecule has 1 unspecified atom stereocenters. The van der Waals surface area contributed by atoms with Gasteiger partial charge in [-0.05, 0) is 59.7 Å². The second kappa shape index (κ2) is 13.1. The first-order valence-electron chi connectivity index (χ1n) is 11.2. The van der Waals surface area contributed by atoms with Gasteiger partial charge in [-0.2, -0.15) is 13.2 Å². The number of aryl methyl sites for hydroxylation is 1. The maximum absolute atomic E-state index is 12.5.